The maximum atomic E-state index is 11.2. The molecule has 0 aliphatic carbocycles. The SMILES string of the molecule is COc1ccc2[nH]cc(S(N)(=O)=O)c2c1. The number of fused-ring (bicyclic) bond motifs is 1. The van der Waals surface area contributed by atoms with Crippen LogP contribution in [0, 0.1) is 0 Å². The fourth-order valence-electron chi connectivity index (χ4n) is 1.44. The molecular formula is C9H10N2O3S. The van der Waals surface area contributed by atoms with Crippen LogP contribution in [0.15, 0.2) is 29.3 Å². The second-order valence-electron chi connectivity index (χ2n) is 3.11. The molecule has 0 bridgehead atoms. The van der Waals surface area contributed by atoms with Crippen LogP contribution in [0.2, 0.25) is 0 Å². The van der Waals surface area contributed by atoms with Crippen molar-refractivity contribution in [3.8, 4) is 5.75 Å². The Morgan fingerprint density at radius 3 is 2.73 bits per heavy atom. The number of aromatic nitrogens is 1. The number of nitrogens with two attached hydrogens (primary N) is 1. The molecule has 6 heteroatoms. The Hall–Kier alpha value is -1.53. The number of rotatable bonds is 2. The monoisotopic (exact) mass is 226 g/mol. The molecule has 0 atom stereocenters. The average Bonchev–Trinajstić information content (AvgIpc) is 2.59. The van der Waals surface area contributed by atoms with Gasteiger partial charge in [-0.25, -0.2) is 13.6 Å². The molecule has 5 nitrogen and oxygen atoms in total. The second-order valence-corrected chi connectivity index (χ2v) is 4.64. The fraction of sp³-hybridized carbons (Fsp3) is 0.111. The first-order valence-electron chi connectivity index (χ1n) is 4.20. The second kappa shape index (κ2) is 3.25. The lowest BCUT2D eigenvalue weighted by Gasteiger charge is -2.00. The van der Waals surface area contributed by atoms with Gasteiger partial charge >= 0.3 is 0 Å². The molecule has 2 aromatic rings. The van der Waals surface area contributed by atoms with Gasteiger partial charge in [-0.05, 0) is 18.2 Å². The van der Waals surface area contributed by atoms with E-state index in [0.717, 1.165) is 0 Å². The van der Waals surface area contributed by atoms with E-state index >= 15 is 0 Å². The van der Waals surface area contributed by atoms with Gasteiger partial charge in [0.2, 0.25) is 10.0 Å². The molecule has 0 aliphatic heterocycles. The van der Waals surface area contributed by atoms with Crippen molar-refractivity contribution in [2.24, 2.45) is 5.14 Å². The number of hydrogen-bond donors (Lipinski definition) is 2. The molecule has 0 unspecified atom stereocenters. The smallest absolute Gasteiger partial charge is 0.240 e. The van der Waals surface area contributed by atoms with Crippen molar-refractivity contribution in [3.63, 3.8) is 0 Å². The van der Waals surface area contributed by atoms with E-state index in [4.69, 9.17) is 9.88 Å². The third-order valence-corrected chi connectivity index (χ3v) is 3.11. The van der Waals surface area contributed by atoms with E-state index in [1.54, 1.807) is 18.2 Å². The summed E-state index contributed by atoms with van der Waals surface area (Å²) in [4.78, 5) is 2.91. The van der Waals surface area contributed by atoms with Crippen molar-refractivity contribution >= 4 is 20.9 Å². The standard InChI is InChI=1S/C9H10N2O3S/c1-14-6-2-3-8-7(4-6)9(5-11-8)15(10,12)13/h2-5,11H,1H3,(H2,10,12,13). The fourth-order valence-corrected chi connectivity index (χ4v) is 2.14. The Kier molecular flexibility index (Phi) is 2.17. The number of nitrogens with one attached hydrogen (secondary N) is 1. The van der Waals surface area contributed by atoms with E-state index in [1.807, 2.05) is 0 Å². The highest BCUT2D eigenvalue weighted by Crippen LogP contribution is 2.25. The largest absolute Gasteiger partial charge is 0.497 e. The molecule has 1 aromatic heterocycles. The zero-order chi connectivity index (χ0) is 11.1. The van der Waals surface area contributed by atoms with Crippen LogP contribution in [0.3, 0.4) is 0 Å². The Morgan fingerprint density at radius 2 is 2.13 bits per heavy atom. The summed E-state index contributed by atoms with van der Waals surface area (Å²) in [5.74, 6) is 0.590. The number of methoxy groups -OCH3 is 1. The number of ether oxygens (including phenoxy) is 1. The maximum absolute atomic E-state index is 11.2. The molecule has 3 N–H and O–H groups in total. The van der Waals surface area contributed by atoms with Gasteiger partial charge in [0.25, 0.3) is 0 Å². The van der Waals surface area contributed by atoms with Gasteiger partial charge in [0.15, 0.2) is 0 Å². The Balaban J connectivity index is 2.78. The van der Waals surface area contributed by atoms with Crippen LogP contribution in [0.5, 0.6) is 5.75 Å². The van der Waals surface area contributed by atoms with Gasteiger partial charge in [-0.2, -0.15) is 0 Å². The summed E-state index contributed by atoms with van der Waals surface area (Å²) in [7, 11) is -2.18. The zero-order valence-electron chi connectivity index (χ0n) is 8.02. The van der Waals surface area contributed by atoms with Gasteiger partial charge < -0.3 is 9.72 Å². The van der Waals surface area contributed by atoms with E-state index < -0.39 is 10.0 Å². The lowest BCUT2D eigenvalue weighted by molar-refractivity contribution is 0.415. The first-order valence-corrected chi connectivity index (χ1v) is 5.75. The van der Waals surface area contributed by atoms with Crippen molar-refractivity contribution in [2.75, 3.05) is 7.11 Å². The van der Waals surface area contributed by atoms with E-state index in [9.17, 15) is 8.42 Å². The number of H-pyrrole nitrogens is 1. The molecule has 80 valence electrons. The highest BCUT2D eigenvalue weighted by molar-refractivity contribution is 7.89. The van der Waals surface area contributed by atoms with Crippen molar-refractivity contribution in [3.05, 3.63) is 24.4 Å². The number of hydrogen-bond acceptors (Lipinski definition) is 3. The number of sulfonamides is 1. The molecule has 15 heavy (non-hydrogen) atoms. The summed E-state index contributed by atoms with van der Waals surface area (Å²) in [6.07, 6.45) is 1.37. The van der Waals surface area contributed by atoms with E-state index in [0.29, 0.717) is 16.7 Å². The van der Waals surface area contributed by atoms with Crippen LogP contribution in [0.4, 0.5) is 0 Å². The summed E-state index contributed by atoms with van der Waals surface area (Å²) >= 11 is 0. The predicted molar refractivity (Wildman–Crippen MR) is 56.2 cm³/mol. The lowest BCUT2D eigenvalue weighted by atomic mass is 10.2. The van der Waals surface area contributed by atoms with Gasteiger partial charge in [0.05, 0.1) is 7.11 Å². The van der Waals surface area contributed by atoms with Gasteiger partial charge in [-0.3, -0.25) is 0 Å². The Bertz CT molecular complexity index is 601. The first-order chi connectivity index (χ1) is 7.02. The zero-order valence-corrected chi connectivity index (χ0v) is 8.84. The molecule has 0 saturated heterocycles. The Morgan fingerprint density at radius 1 is 1.40 bits per heavy atom. The van der Waals surface area contributed by atoms with Crippen LogP contribution < -0.4 is 9.88 Å². The lowest BCUT2D eigenvalue weighted by Crippen LogP contribution is -2.11. The van der Waals surface area contributed by atoms with E-state index in [-0.39, 0.29) is 4.90 Å². The van der Waals surface area contributed by atoms with Crippen molar-refractivity contribution in [2.45, 2.75) is 4.90 Å². The molecule has 0 saturated carbocycles. The molecule has 0 fully saturated rings. The summed E-state index contributed by atoms with van der Waals surface area (Å²) in [5.41, 5.74) is 0.708. The van der Waals surface area contributed by atoms with E-state index in [2.05, 4.69) is 4.98 Å². The summed E-state index contributed by atoms with van der Waals surface area (Å²) in [6.45, 7) is 0. The van der Waals surface area contributed by atoms with Gasteiger partial charge in [-0.1, -0.05) is 0 Å². The average molecular weight is 226 g/mol. The number of benzene rings is 1. The first kappa shape index (κ1) is 10.0. The van der Waals surface area contributed by atoms with Crippen molar-refractivity contribution in [1.82, 2.24) is 4.98 Å². The van der Waals surface area contributed by atoms with Crippen LogP contribution in [-0.4, -0.2) is 20.5 Å². The molecule has 0 spiro atoms. The normalized spacial score (nSPS) is 11.9. The molecule has 1 aromatic carbocycles. The minimum absolute atomic E-state index is 0.0800. The third kappa shape index (κ3) is 1.69. The summed E-state index contributed by atoms with van der Waals surface area (Å²) in [5, 5.41) is 5.61. The van der Waals surface area contributed by atoms with E-state index in [1.165, 1.54) is 13.3 Å². The summed E-state index contributed by atoms with van der Waals surface area (Å²) < 4.78 is 27.5. The number of aromatic amines is 1. The highest BCUT2D eigenvalue weighted by Gasteiger charge is 2.14. The molecule has 1 heterocycles. The highest BCUT2D eigenvalue weighted by atomic mass is 32.2. The predicted octanol–water partition coefficient (Wildman–Crippen LogP) is 0.824. The van der Waals surface area contributed by atoms with Gasteiger partial charge in [0.1, 0.15) is 10.6 Å². The minimum Gasteiger partial charge on any atom is -0.497 e. The molecule has 2 rings (SSSR count). The maximum Gasteiger partial charge on any atom is 0.240 e. The van der Waals surface area contributed by atoms with Crippen LogP contribution in [0.1, 0.15) is 0 Å². The van der Waals surface area contributed by atoms with Crippen LogP contribution >= 0.6 is 0 Å². The van der Waals surface area contributed by atoms with Gasteiger partial charge in [0, 0.05) is 17.1 Å². The molecular weight excluding hydrogens is 216 g/mol. The molecule has 0 radical (unpaired) electrons. The van der Waals surface area contributed by atoms with Gasteiger partial charge in [-0.15, -0.1) is 0 Å². The van der Waals surface area contributed by atoms with Crippen molar-refractivity contribution in [1.29, 1.82) is 0 Å². The Labute approximate surface area is 86.9 Å². The van der Waals surface area contributed by atoms with Crippen molar-refractivity contribution < 1.29 is 13.2 Å². The number of primary sulfonamides is 1. The van der Waals surface area contributed by atoms with Crippen LogP contribution in [-0.2, 0) is 10.0 Å². The quantitative estimate of drug-likeness (QED) is 0.795. The van der Waals surface area contributed by atoms with Crippen LogP contribution in [0.25, 0.3) is 10.9 Å². The molecule has 0 aliphatic rings. The minimum atomic E-state index is -3.70. The topological polar surface area (TPSA) is 85.2 Å². The molecule has 0 amide bonds. The third-order valence-electron chi connectivity index (χ3n) is 2.16. The summed E-state index contributed by atoms with van der Waals surface area (Å²) in [6, 6.07) is 5.11.